The van der Waals surface area contributed by atoms with Crippen molar-refractivity contribution in [2.24, 2.45) is 0 Å². The van der Waals surface area contributed by atoms with E-state index in [-0.39, 0.29) is 11.9 Å². The average Bonchev–Trinajstić information content (AvgIpc) is 2.98. The lowest BCUT2D eigenvalue weighted by Crippen LogP contribution is -2.51. The smallest absolute Gasteiger partial charge is 0.227 e. The molecule has 1 saturated heterocycles. The molecular weight excluding hydrogens is 292 g/mol. The van der Waals surface area contributed by atoms with E-state index in [1.165, 1.54) is 5.56 Å². The molecule has 0 bridgehead atoms. The van der Waals surface area contributed by atoms with Crippen molar-refractivity contribution in [1.82, 2.24) is 9.88 Å². The third kappa shape index (κ3) is 3.26. The number of methoxy groups -OCH3 is 1. The van der Waals surface area contributed by atoms with Crippen molar-refractivity contribution in [3.05, 3.63) is 35.5 Å². The Bertz CT molecular complexity index is 678. The predicted octanol–water partition coefficient (Wildman–Crippen LogP) is 2.15. The van der Waals surface area contributed by atoms with E-state index in [0.717, 1.165) is 22.9 Å². The van der Waals surface area contributed by atoms with Crippen molar-refractivity contribution in [2.45, 2.75) is 25.8 Å². The van der Waals surface area contributed by atoms with Gasteiger partial charge in [-0.3, -0.25) is 4.79 Å². The van der Waals surface area contributed by atoms with Gasteiger partial charge in [-0.15, -0.1) is 0 Å². The number of aromatic nitrogens is 1. The summed E-state index contributed by atoms with van der Waals surface area (Å²) in [6.07, 6.45) is 3.35. The van der Waals surface area contributed by atoms with Gasteiger partial charge in [-0.05, 0) is 17.5 Å². The summed E-state index contributed by atoms with van der Waals surface area (Å²) in [5.41, 5.74) is 3.49. The van der Waals surface area contributed by atoms with Gasteiger partial charge in [-0.2, -0.15) is 0 Å². The zero-order valence-electron chi connectivity index (χ0n) is 13.8. The van der Waals surface area contributed by atoms with E-state index in [0.29, 0.717) is 32.8 Å². The second kappa shape index (κ2) is 7.15. The topological polar surface area (TPSA) is 54.6 Å². The Hall–Kier alpha value is -1.85. The number of carbonyl (C=O) groups is 1. The van der Waals surface area contributed by atoms with Crippen molar-refractivity contribution in [3.63, 3.8) is 0 Å². The number of hydrogen-bond acceptors (Lipinski definition) is 3. The van der Waals surface area contributed by atoms with Gasteiger partial charge in [-0.1, -0.05) is 25.1 Å². The van der Waals surface area contributed by atoms with Crippen LogP contribution in [0.25, 0.3) is 10.9 Å². The first-order chi connectivity index (χ1) is 11.2. The molecule has 1 unspecified atom stereocenters. The minimum atomic E-state index is 0.0117. The Morgan fingerprint density at radius 2 is 2.30 bits per heavy atom. The molecule has 124 valence electrons. The third-order valence-electron chi connectivity index (χ3n) is 4.52. The van der Waals surface area contributed by atoms with Crippen LogP contribution in [0.2, 0.25) is 0 Å². The number of para-hydroxylation sites is 1. The number of nitrogens with zero attached hydrogens (tertiary/aromatic N) is 1. The maximum atomic E-state index is 12.7. The number of carbonyl (C=O) groups excluding carboxylic acids is 1. The summed E-state index contributed by atoms with van der Waals surface area (Å²) < 4.78 is 10.7. The summed E-state index contributed by atoms with van der Waals surface area (Å²) in [6.45, 7) is 4.44. The van der Waals surface area contributed by atoms with Gasteiger partial charge in [0.05, 0.1) is 32.3 Å². The summed E-state index contributed by atoms with van der Waals surface area (Å²) in [5.74, 6) is 0.137. The molecule has 0 saturated carbocycles. The average molecular weight is 316 g/mol. The van der Waals surface area contributed by atoms with Crippen LogP contribution in [0.15, 0.2) is 24.4 Å². The molecule has 3 rings (SSSR count). The van der Waals surface area contributed by atoms with Crippen LogP contribution in [0, 0.1) is 0 Å². The van der Waals surface area contributed by atoms with Crippen LogP contribution in [-0.2, 0) is 27.1 Å². The zero-order valence-corrected chi connectivity index (χ0v) is 13.8. The zero-order chi connectivity index (χ0) is 16.2. The number of aromatic amines is 1. The predicted molar refractivity (Wildman–Crippen MR) is 89.6 cm³/mol. The molecule has 2 aromatic rings. The number of fused-ring (bicyclic) bond motifs is 1. The molecule has 1 aromatic heterocycles. The van der Waals surface area contributed by atoms with Gasteiger partial charge in [0.2, 0.25) is 5.91 Å². The fraction of sp³-hybridized carbons (Fsp3) is 0.500. The second-order valence-electron chi connectivity index (χ2n) is 5.96. The standard InChI is InChI=1S/C18H24N2O3/c1-3-13-5-4-6-16-14(10-19-18(13)16)9-17(21)20-7-8-23-12-15(20)11-22-2/h4-6,10,15,19H,3,7-9,11-12H2,1-2H3. The van der Waals surface area contributed by atoms with Gasteiger partial charge < -0.3 is 19.4 Å². The largest absolute Gasteiger partial charge is 0.382 e. The molecule has 1 atom stereocenters. The number of morpholine rings is 1. The van der Waals surface area contributed by atoms with E-state index in [1.807, 2.05) is 11.1 Å². The molecule has 5 nitrogen and oxygen atoms in total. The number of rotatable bonds is 5. The Morgan fingerprint density at radius 1 is 1.43 bits per heavy atom. The monoisotopic (exact) mass is 316 g/mol. The van der Waals surface area contributed by atoms with Crippen LogP contribution >= 0.6 is 0 Å². The molecule has 1 N–H and O–H groups in total. The lowest BCUT2D eigenvalue weighted by Gasteiger charge is -2.35. The van der Waals surface area contributed by atoms with E-state index in [1.54, 1.807) is 7.11 Å². The van der Waals surface area contributed by atoms with Crippen LogP contribution in [-0.4, -0.2) is 55.3 Å². The van der Waals surface area contributed by atoms with E-state index >= 15 is 0 Å². The Morgan fingerprint density at radius 3 is 3.09 bits per heavy atom. The molecule has 0 radical (unpaired) electrons. The minimum absolute atomic E-state index is 0.0117. The number of nitrogens with one attached hydrogen (secondary N) is 1. The molecule has 5 heteroatoms. The van der Waals surface area contributed by atoms with E-state index in [9.17, 15) is 4.79 Å². The first kappa shape index (κ1) is 16.0. The molecule has 0 aliphatic carbocycles. The number of hydrogen-bond donors (Lipinski definition) is 1. The fourth-order valence-electron chi connectivity index (χ4n) is 3.29. The molecule has 1 aliphatic rings. The lowest BCUT2D eigenvalue weighted by molar-refractivity contribution is -0.141. The molecule has 2 heterocycles. The molecule has 23 heavy (non-hydrogen) atoms. The second-order valence-corrected chi connectivity index (χ2v) is 5.96. The molecule has 1 aromatic carbocycles. The van der Waals surface area contributed by atoms with Crippen LogP contribution in [0.1, 0.15) is 18.1 Å². The van der Waals surface area contributed by atoms with Crippen LogP contribution < -0.4 is 0 Å². The first-order valence-electron chi connectivity index (χ1n) is 8.18. The normalized spacial score (nSPS) is 18.5. The van der Waals surface area contributed by atoms with Gasteiger partial charge in [0.1, 0.15) is 0 Å². The van der Waals surface area contributed by atoms with Crippen LogP contribution in [0.4, 0.5) is 0 Å². The van der Waals surface area contributed by atoms with Crippen molar-refractivity contribution < 1.29 is 14.3 Å². The van der Waals surface area contributed by atoms with Crippen molar-refractivity contribution >= 4 is 16.8 Å². The third-order valence-corrected chi connectivity index (χ3v) is 4.52. The summed E-state index contributed by atoms with van der Waals surface area (Å²) in [6, 6.07) is 6.28. The highest BCUT2D eigenvalue weighted by atomic mass is 16.5. The molecule has 1 fully saturated rings. The van der Waals surface area contributed by atoms with Gasteiger partial charge in [0, 0.05) is 30.8 Å². The fourth-order valence-corrected chi connectivity index (χ4v) is 3.29. The first-order valence-corrected chi connectivity index (χ1v) is 8.18. The van der Waals surface area contributed by atoms with Gasteiger partial charge in [0.25, 0.3) is 0 Å². The number of amides is 1. The summed E-state index contributed by atoms with van der Waals surface area (Å²) in [5, 5.41) is 1.15. The quantitative estimate of drug-likeness (QED) is 0.919. The van der Waals surface area contributed by atoms with E-state index < -0.39 is 0 Å². The van der Waals surface area contributed by atoms with Gasteiger partial charge in [0.15, 0.2) is 0 Å². The van der Waals surface area contributed by atoms with Gasteiger partial charge >= 0.3 is 0 Å². The molecule has 1 aliphatic heterocycles. The highest BCUT2D eigenvalue weighted by Crippen LogP contribution is 2.23. The Kier molecular flexibility index (Phi) is 4.98. The highest BCUT2D eigenvalue weighted by molar-refractivity contribution is 5.90. The highest BCUT2D eigenvalue weighted by Gasteiger charge is 2.27. The number of H-pyrrole nitrogens is 1. The lowest BCUT2D eigenvalue weighted by atomic mass is 10.0. The SMILES string of the molecule is CCc1cccc2c(CC(=O)N3CCOCC3COC)c[nH]c12. The van der Waals surface area contributed by atoms with E-state index in [2.05, 4.69) is 30.1 Å². The summed E-state index contributed by atoms with van der Waals surface area (Å²) in [4.78, 5) is 18.0. The Balaban J connectivity index is 1.79. The van der Waals surface area contributed by atoms with Crippen LogP contribution in [0.3, 0.4) is 0 Å². The van der Waals surface area contributed by atoms with Crippen molar-refractivity contribution in [3.8, 4) is 0 Å². The summed E-state index contributed by atoms with van der Waals surface area (Å²) >= 11 is 0. The Labute approximate surface area is 136 Å². The van der Waals surface area contributed by atoms with E-state index in [4.69, 9.17) is 9.47 Å². The molecular formula is C18H24N2O3. The molecule has 1 amide bonds. The maximum Gasteiger partial charge on any atom is 0.227 e. The molecule has 0 spiro atoms. The van der Waals surface area contributed by atoms with Crippen LogP contribution in [0.5, 0.6) is 0 Å². The number of ether oxygens (including phenoxy) is 2. The minimum Gasteiger partial charge on any atom is -0.382 e. The summed E-state index contributed by atoms with van der Waals surface area (Å²) in [7, 11) is 1.66. The van der Waals surface area contributed by atoms with Crippen molar-refractivity contribution in [1.29, 1.82) is 0 Å². The number of aryl methyl sites for hydroxylation is 1. The maximum absolute atomic E-state index is 12.7. The van der Waals surface area contributed by atoms with Crippen molar-refractivity contribution in [2.75, 3.05) is 33.5 Å². The van der Waals surface area contributed by atoms with Gasteiger partial charge in [-0.25, -0.2) is 0 Å². The number of benzene rings is 1.